The van der Waals surface area contributed by atoms with Gasteiger partial charge in [-0.25, -0.2) is 0 Å². The van der Waals surface area contributed by atoms with E-state index < -0.39 is 5.97 Å². The van der Waals surface area contributed by atoms with Gasteiger partial charge in [0, 0.05) is 17.5 Å². The zero-order chi connectivity index (χ0) is 15.7. The van der Waals surface area contributed by atoms with E-state index in [1.54, 1.807) is 19.1 Å². The maximum atomic E-state index is 12.0. The lowest BCUT2D eigenvalue weighted by atomic mass is 10.1. The number of amides is 1. The molecule has 0 heterocycles. The number of carbonyl (C=O) groups is 2. The molecular formula is C16H19NO4. The van der Waals surface area contributed by atoms with E-state index in [4.69, 9.17) is 9.84 Å². The highest BCUT2D eigenvalue weighted by Crippen LogP contribution is 2.09. The molecule has 0 bridgehead atoms. The monoisotopic (exact) mass is 289 g/mol. The molecule has 0 aliphatic heterocycles. The molecular weight excluding hydrogens is 270 g/mol. The third-order valence-corrected chi connectivity index (χ3v) is 2.51. The molecule has 1 aromatic rings. The van der Waals surface area contributed by atoms with Gasteiger partial charge in [0.2, 0.25) is 0 Å². The van der Waals surface area contributed by atoms with Crippen molar-refractivity contribution in [1.29, 1.82) is 0 Å². The first kappa shape index (κ1) is 16.7. The normalized spacial score (nSPS) is 9.48. The fourth-order valence-corrected chi connectivity index (χ4v) is 1.67. The van der Waals surface area contributed by atoms with Gasteiger partial charge in [-0.3, -0.25) is 9.59 Å². The molecule has 0 atom stereocenters. The maximum Gasteiger partial charge on any atom is 0.325 e. The van der Waals surface area contributed by atoms with Crippen LogP contribution in [0, 0.1) is 18.8 Å². The van der Waals surface area contributed by atoms with Gasteiger partial charge in [-0.1, -0.05) is 11.8 Å². The molecule has 0 fully saturated rings. The average molecular weight is 289 g/mol. The number of aryl methyl sites for hydroxylation is 1. The predicted octanol–water partition coefficient (Wildman–Crippen LogP) is 1.02. The molecule has 0 spiro atoms. The van der Waals surface area contributed by atoms with Crippen LogP contribution in [0.3, 0.4) is 0 Å². The first-order chi connectivity index (χ1) is 10.1. The number of benzene rings is 1. The summed E-state index contributed by atoms with van der Waals surface area (Å²) in [5, 5.41) is 11.2. The highest BCUT2D eigenvalue weighted by Gasteiger charge is 2.09. The van der Waals surface area contributed by atoms with E-state index in [-0.39, 0.29) is 25.7 Å². The van der Waals surface area contributed by atoms with E-state index in [1.807, 2.05) is 13.0 Å². The molecule has 0 unspecified atom stereocenters. The van der Waals surface area contributed by atoms with Gasteiger partial charge in [0.1, 0.15) is 6.54 Å². The molecule has 5 nitrogen and oxygen atoms in total. The van der Waals surface area contributed by atoms with Crippen molar-refractivity contribution in [2.75, 3.05) is 19.8 Å². The fraction of sp³-hybridized carbons (Fsp3) is 0.375. The Hall–Kier alpha value is -2.32. The van der Waals surface area contributed by atoms with Gasteiger partial charge in [-0.2, -0.15) is 0 Å². The van der Waals surface area contributed by atoms with Crippen molar-refractivity contribution in [1.82, 2.24) is 5.32 Å². The number of hydrogen-bond donors (Lipinski definition) is 2. The van der Waals surface area contributed by atoms with Crippen LogP contribution in [0.5, 0.6) is 0 Å². The largest absolute Gasteiger partial charge is 0.465 e. The number of nitrogens with one attached hydrogen (secondary N) is 1. The van der Waals surface area contributed by atoms with E-state index in [2.05, 4.69) is 17.2 Å². The van der Waals surface area contributed by atoms with Gasteiger partial charge in [-0.15, -0.1) is 0 Å². The number of rotatable bonds is 5. The summed E-state index contributed by atoms with van der Waals surface area (Å²) in [5.41, 5.74) is 2.03. The van der Waals surface area contributed by atoms with Crippen LogP contribution >= 0.6 is 0 Å². The minimum Gasteiger partial charge on any atom is -0.465 e. The van der Waals surface area contributed by atoms with Gasteiger partial charge in [0.15, 0.2) is 0 Å². The summed E-state index contributed by atoms with van der Waals surface area (Å²) in [6.07, 6.45) is 0.387. The average Bonchev–Trinajstić information content (AvgIpc) is 2.45. The van der Waals surface area contributed by atoms with Gasteiger partial charge >= 0.3 is 5.97 Å². The Morgan fingerprint density at radius 3 is 2.76 bits per heavy atom. The van der Waals surface area contributed by atoms with Crippen molar-refractivity contribution >= 4 is 11.9 Å². The third-order valence-electron chi connectivity index (χ3n) is 2.51. The molecule has 1 aromatic carbocycles. The van der Waals surface area contributed by atoms with Crippen LogP contribution < -0.4 is 5.32 Å². The molecule has 1 amide bonds. The molecule has 0 saturated carbocycles. The van der Waals surface area contributed by atoms with Crippen molar-refractivity contribution in [3.05, 3.63) is 34.9 Å². The van der Waals surface area contributed by atoms with Crippen LogP contribution in [-0.4, -0.2) is 36.7 Å². The highest BCUT2D eigenvalue weighted by atomic mass is 16.5. The molecule has 1 rings (SSSR count). The third kappa shape index (κ3) is 6.11. The fourth-order valence-electron chi connectivity index (χ4n) is 1.67. The van der Waals surface area contributed by atoms with Gasteiger partial charge in [-0.05, 0) is 37.6 Å². The molecule has 0 aliphatic rings. The Labute approximate surface area is 124 Å². The Balaban J connectivity index is 2.76. The molecule has 2 N–H and O–H groups in total. The molecule has 0 saturated heterocycles. The lowest BCUT2D eigenvalue weighted by molar-refractivity contribution is -0.141. The van der Waals surface area contributed by atoms with Crippen molar-refractivity contribution in [2.24, 2.45) is 0 Å². The first-order valence-electron chi connectivity index (χ1n) is 6.72. The molecule has 21 heavy (non-hydrogen) atoms. The van der Waals surface area contributed by atoms with Crippen molar-refractivity contribution in [3.63, 3.8) is 0 Å². The molecule has 0 radical (unpaired) electrons. The summed E-state index contributed by atoms with van der Waals surface area (Å²) in [6, 6.07) is 5.22. The minimum atomic E-state index is -0.471. The van der Waals surface area contributed by atoms with Crippen molar-refractivity contribution in [2.45, 2.75) is 20.3 Å². The minimum absolute atomic E-state index is 0.00565. The summed E-state index contributed by atoms with van der Waals surface area (Å²) in [4.78, 5) is 23.2. The number of aliphatic hydroxyl groups is 1. The number of esters is 1. The van der Waals surface area contributed by atoms with Crippen LogP contribution in [0.25, 0.3) is 0 Å². The SMILES string of the molecule is CCOC(=O)CNC(=O)c1cc(C)cc(C#CCCO)c1. The predicted molar refractivity (Wildman–Crippen MR) is 78.7 cm³/mol. The van der Waals surface area contributed by atoms with E-state index >= 15 is 0 Å². The zero-order valence-corrected chi connectivity index (χ0v) is 12.2. The van der Waals surface area contributed by atoms with Crippen LogP contribution in [0.4, 0.5) is 0 Å². The zero-order valence-electron chi connectivity index (χ0n) is 12.2. The second-order valence-electron chi connectivity index (χ2n) is 4.35. The summed E-state index contributed by atoms with van der Waals surface area (Å²) >= 11 is 0. The van der Waals surface area contributed by atoms with Crippen LogP contribution in [0.1, 0.15) is 34.8 Å². The highest BCUT2D eigenvalue weighted by molar-refractivity contribution is 5.96. The number of carbonyl (C=O) groups excluding carboxylic acids is 2. The number of aliphatic hydroxyl groups excluding tert-OH is 1. The van der Waals surface area contributed by atoms with Crippen LogP contribution in [0.2, 0.25) is 0 Å². The van der Waals surface area contributed by atoms with Gasteiger partial charge in [0.05, 0.1) is 13.2 Å². The summed E-state index contributed by atoms with van der Waals surface area (Å²) in [5.74, 6) is 4.87. The van der Waals surface area contributed by atoms with E-state index in [0.29, 0.717) is 17.5 Å². The first-order valence-corrected chi connectivity index (χ1v) is 6.72. The second kappa shape index (κ2) is 8.77. The maximum absolute atomic E-state index is 12.0. The van der Waals surface area contributed by atoms with Crippen molar-refractivity contribution in [3.8, 4) is 11.8 Å². The number of ether oxygens (including phenoxy) is 1. The van der Waals surface area contributed by atoms with Gasteiger partial charge < -0.3 is 15.2 Å². The van der Waals surface area contributed by atoms with Gasteiger partial charge in [0.25, 0.3) is 5.91 Å². The second-order valence-corrected chi connectivity index (χ2v) is 4.35. The van der Waals surface area contributed by atoms with Crippen LogP contribution in [-0.2, 0) is 9.53 Å². The Morgan fingerprint density at radius 1 is 1.33 bits per heavy atom. The van der Waals surface area contributed by atoms with Crippen LogP contribution in [0.15, 0.2) is 18.2 Å². The summed E-state index contributed by atoms with van der Waals surface area (Å²) in [6.45, 7) is 3.69. The molecule has 0 aliphatic carbocycles. The van der Waals surface area contributed by atoms with E-state index in [0.717, 1.165) is 5.56 Å². The standard InChI is InChI=1S/C16H19NO4/c1-3-21-15(19)11-17-16(20)14-9-12(2)8-13(10-14)6-4-5-7-18/h8-10,18H,3,5,7,11H2,1-2H3,(H,17,20). The lowest BCUT2D eigenvalue weighted by Gasteiger charge is -2.06. The number of hydrogen-bond acceptors (Lipinski definition) is 4. The summed E-state index contributed by atoms with van der Waals surface area (Å²) in [7, 11) is 0. The molecule has 112 valence electrons. The molecule has 5 heteroatoms. The quantitative estimate of drug-likeness (QED) is 0.627. The van der Waals surface area contributed by atoms with Crippen molar-refractivity contribution < 1.29 is 19.4 Å². The Morgan fingerprint density at radius 2 is 2.10 bits per heavy atom. The lowest BCUT2D eigenvalue weighted by Crippen LogP contribution is -2.30. The smallest absolute Gasteiger partial charge is 0.325 e. The summed E-state index contributed by atoms with van der Waals surface area (Å²) < 4.78 is 4.74. The topological polar surface area (TPSA) is 75.6 Å². The molecule has 0 aromatic heterocycles. The Kier molecular flexibility index (Phi) is 6.99. The van der Waals surface area contributed by atoms with E-state index in [1.165, 1.54) is 0 Å². The van der Waals surface area contributed by atoms with E-state index in [9.17, 15) is 9.59 Å². The Bertz CT molecular complexity index is 569.